The first-order chi connectivity index (χ1) is 15.2. The molecule has 6 rings (SSSR count). The van der Waals surface area contributed by atoms with Crippen LogP contribution < -0.4 is 10.5 Å². The standard InChI is InChI=1S/C21H17FN8O.H2S/c22-13-4-1-5-14(10-13)30-19(27-29-9-3-7-16(29)21(30)31)15-6-2-8-28(15)20-17-18(24-11-23-17)25-12-26-20;/h1,3-5,7,9-12,15H,2,6,8H2,(H,23,24,25,26);1H2/t15-;/m0./s1. The molecule has 1 atom stereocenters. The minimum absolute atomic E-state index is 0. The molecule has 0 saturated carbocycles. The molecule has 0 bridgehead atoms. The van der Waals surface area contributed by atoms with Crippen molar-refractivity contribution in [2.24, 2.45) is 0 Å². The summed E-state index contributed by atoms with van der Waals surface area (Å²) in [5, 5.41) is 4.77. The van der Waals surface area contributed by atoms with Gasteiger partial charge in [-0.15, -0.1) is 0 Å². The fourth-order valence-electron chi connectivity index (χ4n) is 4.34. The number of rotatable bonds is 3. The molecule has 1 N–H and O–H groups in total. The predicted molar refractivity (Wildman–Crippen MR) is 122 cm³/mol. The van der Waals surface area contributed by atoms with Crippen molar-refractivity contribution in [1.29, 1.82) is 0 Å². The average Bonchev–Trinajstić information content (AvgIpc) is 3.52. The molecule has 4 aromatic heterocycles. The lowest BCUT2D eigenvalue weighted by molar-refractivity contribution is 0.596. The second-order valence-electron chi connectivity index (χ2n) is 7.47. The van der Waals surface area contributed by atoms with Gasteiger partial charge in [0.05, 0.1) is 18.1 Å². The van der Waals surface area contributed by atoms with Gasteiger partial charge >= 0.3 is 0 Å². The van der Waals surface area contributed by atoms with Gasteiger partial charge in [0.1, 0.15) is 23.2 Å². The molecular weight excluding hydrogens is 431 g/mol. The first-order valence-corrected chi connectivity index (χ1v) is 9.98. The first kappa shape index (κ1) is 20.2. The zero-order valence-electron chi connectivity index (χ0n) is 16.8. The monoisotopic (exact) mass is 450 g/mol. The van der Waals surface area contributed by atoms with Crippen LogP contribution in [0.3, 0.4) is 0 Å². The van der Waals surface area contributed by atoms with Crippen LogP contribution in [0, 0.1) is 5.82 Å². The van der Waals surface area contributed by atoms with E-state index in [2.05, 4.69) is 24.8 Å². The molecule has 0 amide bonds. The van der Waals surface area contributed by atoms with Gasteiger partial charge in [0.25, 0.3) is 5.56 Å². The molecule has 0 unspecified atom stereocenters. The van der Waals surface area contributed by atoms with Gasteiger partial charge in [0.15, 0.2) is 17.3 Å². The largest absolute Gasteiger partial charge is 0.344 e. The second-order valence-corrected chi connectivity index (χ2v) is 7.47. The van der Waals surface area contributed by atoms with Crippen molar-refractivity contribution in [3.05, 3.63) is 77.2 Å². The van der Waals surface area contributed by atoms with Crippen LogP contribution in [0.2, 0.25) is 0 Å². The average molecular weight is 451 g/mol. The molecule has 5 heterocycles. The van der Waals surface area contributed by atoms with Crippen LogP contribution in [0.5, 0.6) is 0 Å². The van der Waals surface area contributed by atoms with Gasteiger partial charge in [-0.25, -0.2) is 23.9 Å². The molecule has 5 aromatic rings. The Morgan fingerprint density at radius 3 is 2.91 bits per heavy atom. The Balaban J connectivity index is 0.00000216. The van der Waals surface area contributed by atoms with E-state index < -0.39 is 5.82 Å². The number of aromatic nitrogens is 7. The van der Waals surface area contributed by atoms with Crippen molar-refractivity contribution in [2.75, 3.05) is 11.4 Å². The number of halogens is 1. The summed E-state index contributed by atoms with van der Waals surface area (Å²) in [5.74, 6) is 0.824. The summed E-state index contributed by atoms with van der Waals surface area (Å²) >= 11 is 0. The van der Waals surface area contributed by atoms with E-state index in [4.69, 9.17) is 5.10 Å². The predicted octanol–water partition coefficient (Wildman–Crippen LogP) is 2.74. The molecule has 1 fully saturated rings. The third kappa shape index (κ3) is 3.04. The molecule has 1 saturated heterocycles. The number of hydrogen-bond donors (Lipinski definition) is 1. The van der Waals surface area contributed by atoms with Crippen molar-refractivity contribution in [3.63, 3.8) is 0 Å². The van der Waals surface area contributed by atoms with Crippen LogP contribution in [-0.4, -0.2) is 40.7 Å². The van der Waals surface area contributed by atoms with E-state index in [0.717, 1.165) is 24.9 Å². The van der Waals surface area contributed by atoms with E-state index in [0.29, 0.717) is 28.5 Å². The van der Waals surface area contributed by atoms with Gasteiger partial charge in [-0.3, -0.25) is 9.36 Å². The number of benzene rings is 1. The Kier molecular flexibility index (Phi) is 4.89. The zero-order chi connectivity index (χ0) is 20.9. The van der Waals surface area contributed by atoms with Crippen molar-refractivity contribution in [3.8, 4) is 5.69 Å². The number of hydrogen-bond acceptors (Lipinski definition) is 6. The van der Waals surface area contributed by atoms with E-state index in [1.165, 1.54) is 23.0 Å². The number of H-pyrrole nitrogens is 1. The van der Waals surface area contributed by atoms with Crippen LogP contribution in [0.25, 0.3) is 22.4 Å². The van der Waals surface area contributed by atoms with Gasteiger partial charge in [0.2, 0.25) is 0 Å². The maximum atomic E-state index is 14.0. The van der Waals surface area contributed by atoms with Crippen molar-refractivity contribution >= 4 is 36.0 Å². The topological polar surface area (TPSA) is 97.0 Å². The summed E-state index contributed by atoms with van der Waals surface area (Å²) in [6, 6.07) is 9.26. The summed E-state index contributed by atoms with van der Waals surface area (Å²) in [7, 11) is 0. The maximum Gasteiger partial charge on any atom is 0.282 e. The van der Waals surface area contributed by atoms with Crippen molar-refractivity contribution in [2.45, 2.75) is 18.9 Å². The van der Waals surface area contributed by atoms with Crippen LogP contribution in [0.4, 0.5) is 10.2 Å². The highest BCUT2D eigenvalue weighted by Gasteiger charge is 2.33. The Hall–Kier alpha value is -3.73. The number of anilines is 1. The zero-order valence-corrected chi connectivity index (χ0v) is 17.8. The highest BCUT2D eigenvalue weighted by atomic mass is 32.1. The molecule has 0 aliphatic carbocycles. The van der Waals surface area contributed by atoms with Gasteiger partial charge in [-0.2, -0.15) is 18.6 Å². The van der Waals surface area contributed by atoms with Crippen molar-refractivity contribution in [1.82, 2.24) is 34.1 Å². The highest BCUT2D eigenvalue weighted by molar-refractivity contribution is 7.59. The number of aromatic amines is 1. The van der Waals surface area contributed by atoms with E-state index in [9.17, 15) is 9.18 Å². The molecule has 1 aliphatic heterocycles. The molecule has 32 heavy (non-hydrogen) atoms. The molecule has 0 radical (unpaired) electrons. The van der Waals surface area contributed by atoms with Gasteiger partial charge in [-0.05, 0) is 43.2 Å². The normalized spacial score (nSPS) is 16.0. The third-order valence-corrected chi connectivity index (χ3v) is 5.68. The lowest BCUT2D eigenvalue weighted by atomic mass is 10.2. The minimum Gasteiger partial charge on any atom is -0.344 e. The number of fused-ring (bicyclic) bond motifs is 2. The Morgan fingerprint density at radius 1 is 1.12 bits per heavy atom. The molecule has 11 heteroatoms. The SMILES string of the molecule is O=c1c2cccn2nc([C@@H]2CCCN2c2ncnc3nc[nH]c23)n1-c1cccc(F)c1.S. The molecule has 0 spiro atoms. The fraction of sp³-hybridized carbons (Fsp3) is 0.190. The summed E-state index contributed by atoms with van der Waals surface area (Å²) in [6.45, 7) is 0.735. The van der Waals surface area contributed by atoms with Crippen LogP contribution in [0.1, 0.15) is 24.7 Å². The first-order valence-electron chi connectivity index (χ1n) is 9.98. The lowest BCUT2D eigenvalue weighted by Crippen LogP contribution is -2.33. The highest BCUT2D eigenvalue weighted by Crippen LogP contribution is 2.36. The van der Waals surface area contributed by atoms with Crippen LogP contribution >= 0.6 is 13.5 Å². The second kappa shape index (κ2) is 7.75. The summed E-state index contributed by atoms with van der Waals surface area (Å²) in [5.41, 5.74) is 1.93. The molecule has 1 aliphatic rings. The fourth-order valence-corrected chi connectivity index (χ4v) is 4.34. The molecule has 9 nitrogen and oxygen atoms in total. The molecular formula is C21H19FN8OS. The molecule has 1 aromatic carbocycles. The number of imidazole rings is 1. The van der Waals surface area contributed by atoms with Gasteiger partial charge in [-0.1, -0.05) is 6.07 Å². The van der Waals surface area contributed by atoms with E-state index in [1.54, 1.807) is 41.3 Å². The Morgan fingerprint density at radius 2 is 2.03 bits per heavy atom. The maximum absolute atomic E-state index is 14.0. The molecule has 162 valence electrons. The summed E-state index contributed by atoms with van der Waals surface area (Å²) in [6.07, 6.45) is 6.48. The Labute approximate surface area is 188 Å². The number of nitrogens with one attached hydrogen (secondary N) is 1. The van der Waals surface area contributed by atoms with Gasteiger partial charge < -0.3 is 9.88 Å². The van der Waals surface area contributed by atoms with E-state index in [1.807, 2.05) is 0 Å². The van der Waals surface area contributed by atoms with Crippen LogP contribution in [-0.2, 0) is 0 Å². The number of nitrogens with zero attached hydrogens (tertiary/aromatic N) is 7. The quantitative estimate of drug-likeness (QED) is 0.454. The minimum atomic E-state index is -0.413. The Bertz CT molecular complexity index is 1490. The summed E-state index contributed by atoms with van der Waals surface area (Å²) < 4.78 is 17.1. The van der Waals surface area contributed by atoms with Crippen LogP contribution in [0.15, 0.2) is 60.0 Å². The van der Waals surface area contributed by atoms with E-state index >= 15 is 0 Å². The lowest BCUT2D eigenvalue weighted by Gasteiger charge is -2.27. The van der Waals surface area contributed by atoms with E-state index in [-0.39, 0.29) is 25.1 Å². The smallest absolute Gasteiger partial charge is 0.282 e. The van der Waals surface area contributed by atoms with Gasteiger partial charge in [0, 0.05) is 12.7 Å². The summed E-state index contributed by atoms with van der Waals surface area (Å²) in [4.78, 5) is 31.5. The third-order valence-electron chi connectivity index (χ3n) is 5.68. The van der Waals surface area contributed by atoms with Crippen molar-refractivity contribution < 1.29 is 4.39 Å².